The normalized spacial score (nSPS) is 12.9. The molecule has 1 aromatic heterocycles. The van der Waals surface area contributed by atoms with Crippen molar-refractivity contribution >= 4 is 0 Å². The van der Waals surface area contributed by atoms with E-state index in [1.165, 1.54) is 10.2 Å². The topological polar surface area (TPSA) is 39.8 Å². The fourth-order valence-electron chi connectivity index (χ4n) is 1.99. The molecule has 0 spiro atoms. The van der Waals surface area contributed by atoms with E-state index in [1.807, 2.05) is 26.0 Å². The lowest BCUT2D eigenvalue weighted by Crippen LogP contribution is -2.26. The van der Waals surface area contributed by atoms with E-state index < -0.39 is 0 Å². The van der Waals surface area contributed by atoms with Crippen LogP contribution in [0.1, 0.15) is 51.6 Å². The lowest BCUT2D eigenvalue weighted by molar-refractivity contribution is 0.460. The molecule has 0 aliphatic rings. The standard InChI is InChI=1S/C15H21N3O/c1-5-12(4)18-15(19)17(10-16-18)14-8-6-13(7-9-14)11(2)3/h6-12H,5H2,1-4H3/t12-/m1/s1. The summed E-state index contributed by atoms with van der Waals surface area (Å²) in [5.41, 5.74) is 2.06. The zero-order chi connectivity index (χ0) is 14.0. The fourth-order valence-corrected chi connectivity index (χ4v) is 1.99. The molecule has 0 unspecified atom stereocenters. The predicted molar refractivity (Wildman–Crippen MR) is 76.9 cm³/mol. The Labute approximate surface area is 113 Å². The average molecular weight is 259 g/mol. The highest BCUT2D eigenvalue weighted by Crippen LogP contribution is 2.16. The van der Waals surface area contributed by atoms with Crippen LogP contribution in [0.2, 0.25) is 0 Å². The van der Waals surface area contributed by atoms with Crippen molar-refractivity contribution in [2.75, 3.05) is 0 Å². The van der Waals surface area contributed by atoms with Gasteiger partial charge in [0.2, 0.25) is 0 Å². The zero-order valence-corrected chi connectivity index (χ0v) is 12.0. The van der Waals surface area contributed by atoms with Crippen LogP contribution in [0.15, 0.2) is 35.4 Å². The molecule has 102 valence electrons. The number of nitrogens with zero attached hydrogens (tertiary/aromatic N) is 3. The van der Waals surface area contributed by atoms with Gasteiger partial charge >= 0.3 is 5.69 Å². The summed E-state index contributed by atoms with van der Waals surface area (Å²) in [4.78, 5) is 12.3. The van der Waals surface area contributed by atoms with Crippen molar-refractivity contribution in [1.82, 2.24) is 14.3 Å². The average Bonchev–Trinajstić information content (AvgIpc) is 2.80. The van der Waals surface area contributed by atoms with Crippen molar-refractivity contribution < 1.29 is 0 Å². The summed E-state index contributed by atoms with van der Waals surface area (Å²) >= 11 is 0. The van der Waals surface area contributed by atoms with Crippen LogP contribution in [-0.4, -0.2) is 14.3 Å². The van der Waals surface area contributed by atoms with Crippen LogP contribution in [0.5, 0.6) is 0 Å². The number of hydrogen-bond donors (Lipinski definition) is 0. The molecular formula is C15H21N3O. The minimum absolute atomic E-state index is 0.0772. The zero-order valence-electron chi connectivity index (χ0n) is 12.0. The largest absolute Gasteiger partial charge is 0.350 e. The number of aromatic nitrogens is 3. The van der Waals surface area contributed by atoms with Crippen LogP contribution in [0, 0.1) is 0 Å². The second kappa shape index (κ2) is 5.43. The van der Waals surface area contributed by atoms with Gasteiger partial charge in [0.1, 0.15) is 6.33 Å². The van der Waals surface area contributed by atoms with E-state index >= 15 is 0 Å². The van der Waals surface area contributed by atoms with Crippen LogP contribution < -0.4 is 5.69 Å². The molecule has 0 aliphatic heterocycles. The second-order valence-electron chi connectivity index (χ2n) is 5.23. The maximum atomic E-state index is 12.3. The Morgan fingerprint density at radius 3 is 2.32 bits per heavy atom. The molecule has 2 aromatic rings. The van der Waals surface area contributed by atoms with E-state index in [0.717, 1.165) is 12.1 Å². The van der Waals surface area contributed by atoms with Gasteiger partial charge in [0.15, 0.2) is 0 Å². The van der Waals surface area contributed by atoms with Crippen LogP contribution in [0.25, 0.3) is 5.69 Å². The van der Waals surface area contributed by atoms with E-state index in [1.54, 1.807) is 10.9 Å². The molecule has 4 heteroatoms. The summed E-state index contributed by atoms with van der Waals surface area (Å²) in [5, 5.41) is 4.19. The van der Waals surface area contributed by atoms with Gasteiger partial charge in [-0.25, -0.2) is 14.0 Å². The smallest absolute Gasteiger partial charge is 0.250 e. The Balaban J connectivity index is 2.37. The quantitative estimate of drug-likeness (QED) is 0.846. The first-order valence-corrected chi connectivity index (χ1v) is 6.81. The van der Waals surface area contributed by atoms with Crippen molar-refractivity contribution in [1.29, 1.82) is 0 Å². The van der Waals surface area contributed by atoms with Crippen molar-refractivity contribution in [3.8, 4) is 5.69 Å². The van der Waals surface area contributed by atoms with Crippen LogP contribution in [0.3, 0.4) is 0 Å². The Bertz CT molecular complexity index is 593. The summed E-state index contributed by atoms with van der Waals surface area (Å²) in [6.07, 6.45) is 2.49. The van der Waals surface area contributed by atoms with Crippen molar-refractivity contribution in [2.45, 2.75) is 46.1 Å². The van der Waals surface area contributed by atoms with Gasteiger partial charge in [0.25, 0.3) is 0 Å². The first-order valence-electron chi connectivity index (χ1n) is 6.81. The van der Waals surface area contributed by atoms with Gasteiger partial charge in [-0.1, -0.05) is 32.9 Å². The molecule has 0 fully saturated rings. The van der Waals surface area contributed by atoms with E-state index in [2.05, 4.69) is 31.1 Å². The summed E-state index contributed by atoms with van der Waals surface area (Å²) < 4.78 is 3.13. The van der Waals surface area contributed by atoms with E-state index in [0.29, 0.717) is 5.92 Å². The molecule has 19 heavy (non-hydrogen) atoms. The van der Waals surface area contributed by atoms with E-state index in [-0.39, 0.29) is 11.7 Å². The van der Waals surface area contributed by atoms with Crippen LogP contribution >= 0.6 is 0 Å². The maximum Gasteiger partial charge on any atom is 0.350 e. The van der Waals surface area contributed by atoms with Gasteiger partial charge < -0.3 is 0 Å². The van der Waals surface area contributed by atoms with E-state index in [4.69, 9.17) is 0 Å². The van der Waals surface area contributed by atoms with Crippen molar-refractivity contribution in [2.24, 2.45) is 0 Å². The van der Waals surface area contributed by atoms with Gasteiger partial charge in [0, 0.05) is 0 Å². The number of rotatable bonds is 4. The van der Waals surface area contributed by atoms with Gasteiger partial charge in [-0.05, 0) is 37.0 Å². The number of hydrogen-bond acceptors (Lipinski definition) is 2. The van der Waals surface area contributed by atoms with Crippen molar-refractivity contribution in [3.05, 3.63) is 46.6 Å². The first kappa shape index (κ1) is 13.6. The molecule has 0 radical (unpaired) electrons. The van der Waals surface area contributed by atoms with Gasteiger partial charge in [-0.2, -0.15) is 5.10 Å². The summed E-state index contributed by atoms with van der Waals surface area (Å²) in [5.74, 6) is 0.494. The Kier molecular flexibility index (Phi) is 3.88. The molecule has 0 aliphatic carbocycles. The molecule has 0 N–H and O–H groups in total. The third-order valence-electron chi connectivity index (χ3n) is 3.54. The van der Waals surface area contributed by atoms with Gasteiger partial charge in [0.05, 0.1) is 11.7 Å². The third-order valence-corrected chi connectivity index (χ3v) is 3.54. The molecule has 1 aromatic carbocycles. The molecule has 2 rings (SSSR count). The van der Waals surface area contributed by atoms with Crippen LogP contribution in [-0.2, 0) is 0 Å². The molecular weight excluding hydrogens is 238 g/mol. The molecule has 4 nitrogen and oxygen atoms in total. The minimum Gasteiger partial charge on any atom is -0.250 e. The second-order valence-corrected chi connectivity index (χ2v) is 5.23. The minimum atomic E-state index is -0.0772. The van der Waals surface area contributed by atoms with E-state index in [9.17, 15) is 4.79 Å². The summed E-state index contributed by atoms with van der Waals surface area (Å²) in [7, 11) is 0. The molecule has 0 amide bonds. The summed E-state index contributed by atoms with van der Waals surface area (Å²) in [6.45, 7) is 8.36. The third kappa shape index (κ3) is 2.62. The van der Waals surface area contributed by atoms with Gasteiger partial charge in [-0.15, -0.1) is 0 Å². The van der Waals surface area contributed by atoms with Gasteiger partial charge in [-0.3, -0.25) is 0 Å². The lowest BCUT2D eigenvalue weighted by atomic mass is 10.0. The Hall–Kier alpha value is -1.84. The SMILES string of the molecule is CC[C@@H](C)n1ncn(-c2ccc(C(C)C)cc2)c1=O. The monoisotopic (exact) mass is 259 g/mol. The molecule has 0 saturated carbocycles. The number of benzene rings is 1. The van der Waals surface area contributed by atoms with Crippen LogP contribution in [0.4, 0.5) is 0 Å². The maximum absolute atomic E-state index is 12.3. The molecule has 1 atom stereocenters. The summed E-state index contributed by atoms with van der Waals surface area (Å²) in [6, 6.07) is 8.20. The highest BCUT2D eigenvalue weighted by atomic mass is 16.2. The lowest BCUT2D eigenvalue weighted by Gasteiger charge is -2.08. The molecule has 1 heterocycles. The highest BCUT2D eigenvalue weighted by molar-refractivity contribution is 5.35. The Morgan fingerprint density at radius 1 is 1.16 bits per heavy atom. The molecule has 0 saturated heterocycles. The highest BCUT2D eigenvalue weighted by Gasteiger charge is 2.11. The predicted octanol–water partition coefficient (Wildman–Crippen LogP) is 3.13. The van der Waals surface area contributed by atoms with Crippen molar-refractivity contribution in [3.63, 3.8) is 0 Å². The first-order chi connectivity index (χ1) is 9.04. The Morgan fingerprint density at radius 2 is 1.79 bits per heavy atom. The molecule has 0 bridgehead atoms. The fraction of sp³-hybridized carbons (Fsp3) is 0.467.